The van der Waals surface area contributed by atoms with Crippen molar-refractivity contribution >= 4 is 78.0 Å². The van der Waals surface area contributed by atoms with E-state index in [-0.39, 0.29) is 40.1 Å². The molecule has 0 saturated carbocycles. The zero-order chi connectivity index (χ0) is 28.2. The van der Waals surface area contributed by atoms with Crippen LogP contribution in [0.4, 0.5) is 0 Å². The van der Waals surface area contributed by atoms with E-state index in [0.717, 1.165) is 11.1 Å². The molecule has 2 fully saturated rings. The van der Waals surface area contributed by atoms with Crippen LogP contribution in [0.15, 0.2) is 60.7 Å². The first-order valence-electron chi connectivity index (χ1n) is 12.1. The molecule has 2 aliphatic rings. The Bertz CT molecular complexity index is 1250. The Balaban J connectivity index is 0.000000267. The molecule has 2 unspecified atom stereocenters. The molecule has 0 aromatic heterocycles. The summed E-state index contributed by atoms with van der Waals surface area (Å²) in [6.07, 6.45) is 1.16. The van der Waals surface area contributed by atoms with Crippen LogP contribution in [0.5, 0.6) is 0 Å². The second-order valence-corrected chi connectivity index (χ2v) is 16.8. The van der Waals surface area contributed by atoms with Gasteiger partial charge in [-0.1, -0.05) is 69.3 Å². The average molecular weight is 693 g/mol. The Labute approximate surface area is 265 Å². The number of rotatable bonds is 6. The van der Waals surface area contributed by atoms with Crippen molar-refractivity contribution in [1.82, 2.24) is 9.80 Å². The molecule has 0 amide bonds. The molecule has 219 valence electrons. The minimum Gasteiger partial charge on any atom is -0.411 e. The Hall–Kier alpha value is -0.921. The van der Waals surface area contributed by atoms with Crippen molar-refractivity contribution in [1.29, 1.82) is 0 Å². The summed E-state index contributed by atoms with van der Waals surface area (Å²) in [6, 6.07) is 19.7. The molecule has 2 heterocycles. The number of hydrogen-bond donors (Lipinski definition) is 0. The molecule has 6 nitrogen and oxygen atoms in total. The molecule has 1 radical (unpaired) electrons. The Morgan fingerprint density at radius 3 is 1.26 bits per heavy atom. The van der Waals surface area contributed by atoms with Crippen molar-refractivity contribution in [3.63, 3.8) is 0 Å². The summed E-state index contributed by atoms with van der Waals surface area (Å²) in [5, 5.41) is 0. The second-order valence-electron chi connectivity index (χ2n) is 10.4. The number of sulfone groups is 2. The van der Waals surface area contributed by atoms with E-state index in [9.17, 15) is 16.8 Å². The molecule has 2 saturated heterocycles. The van der Waals surface area contributed by atoms with E-state index >= 15 is 0 Å². The first-order chi connectivity index (χ1) is 17.6. The molecule has 13 heteroatoms. The van der Waals surface area contributed by atoms with Crippen molar-refractivity contribution in [2.24, 2.45) is 0 Å². The molecule has 2 aromatic carbocycles. The fraction of sp³-hybridized carbons (Fsp3) is 0.462. The minimum atomic E-state index is -2.97. The molecule has 2 atom stereocenters. The van der Waals surface area contributed by atoms with Crippen LogP contribution in [0.25, 0.3) is 0 Å². The zero-order valence-corrected chi connectivity index (χ0v) is 27.5. The third kappa shape index (κ3) is 9.56. The summed E-state index contributed by atoms with van der Waals surface area (Å²) in [7, 11) is -5.94. The van der Waals surface area contributed by atoms with Crippen molar-refractivity contribution in [2.45, 2.75) is 50.9 Å². The quantitative estimate of drug-likeness (QED) is 0.254. The molecule has 0 bridgehead atoms. The first kappa shape index (κ1) is 34.3. The van der Waals surface area contributed by atoms with E-state index < -0.39 is 30.8 Å². The van der Waals surface area contributed by atoms with E-state index in [2.05, 4.69) is 0 Å². The molecule has 2 aliphatic heterocycles. The van der Waals surface area contributed by atoms with Gasteiger partial charge in [-0.25, -0.2) is 16.8 Å². The minimum absolute atomic E-state index is 0. The van der Waals surface area contributed by atoms with Gasteiger partial charge in [0.1, 0.15) is 0 Å². The molecule has 0 spiro atoms. The van der Waals surface area contributed by atoms with E-state index in [4.69, 9.17) is 49.7 Å². The topological polar surface area (TPSA) is 74.8 Å². The maximum atomic E-state index is 11.7. The van der Waals surface area contributed by atoms with E-state index in [1.807, 2.05) is 84.3 Å². The third-order valence-corrected chi connectivity index (χ3v) is 11.7. The van der Waals surface area contributed by atoms with Crippen LogP contribution in [0.1, 0.15) is 37.8 Å². The Kier molecular flexibility index (Phi) is 12.2. The normalized spacial score (nSPS) is 24.5. The van der Waals surface area contributed by atoms with Crippen LogP contribution >= 0.6 is 24.4 Å². The summed E-state index contributed by atoms with van der Waals surface area (Å²) in [5.41, 5.74) is 1.21. The van der Waals surface area contributed by atoms with Gasteiger partial charge in [-0.3, -0.25) is 0 Å². The van der Waals surface area contributed by atoms with Gasteiger partial charge >= 0.3 is 0 Å². The van der Waals surface area contributed by atoms with E-state index in [1.54, 1.807) is 0 Å². The van der Waals surface area contributed by atoms with Gasteiger partial charge in [-0.15, -0.1) is 0 Å². The first-order valence-corrected chi connectivity index (χ1v) is 17.4. The molecular formula is C26H32CuN2O4S6-2. The molecule has 0 aliphatic carbocycles. The Morgan fingerprint density at radius 1 is 0.718 bits per heavy atom. The van der Waals surface area contributed by atoms with Crippen LogP contribution in [-0.4, -0.2) is 69.4 Å². The van der Waals surface area contributed by atoms with Gasteiger partial charge in [0.2, 0.25) is 0 Å². The predicted molar refractivity (Wildman–Crippen MR) is 167 cm³/mol. The summed E-state index contributed by atoms with van der Waals surface area (Å²) in [5.74, 6) is 0.687. The average Bonchev–Trinajstić information content (AvgIpc) is 3.30. The van der Waals surface area contributed by atoms with Crippen LogP contribution in [-0.2, 0) is 75.1 Å². The summed E-state index contributed by atoms with van der Waals surface area (Å²) in [6.45, 7) is 4.99. The van der Waals surface area contributed by atoms with Gasteiger partial charge in [0.05, 0.1) is 34.1 Å². The molecule has 0 N–H and O–H groups in total. The summed E-state index contributed by atoms with van der Waals surface area (Å²) < 4.78 is 47.6. The van der Waals surface area contributed by atoms with Crippen LogP contribution in [0, 0.1) is 0 Å². The van der Waals surface area contributed by atoms with Gasteiger partial charge in [0.15, 0.2) is 19.7 Å². The fourth-order valence-electron chi connectivity index (χ4n) is 4.90. The van der Waals surface area contributed by atoms with Gasteiger partial charge in [-0.2, -0.15) is 0 Å². The molecule has 4 rings (SSSR count). The predicted octanol–water partition coefficient (Wildman–Crippen LogP) is 3.79. The van der Waals surface area contributed by atoms with E-state index in [1.165, 1.54) is 0 Å². The molecule has 39 heavy (non-hydrogen) atoms. The van der Waals surface area contributed by atoms with Crippen molar-refractivity contribution in [3.8, 4) is 0 Å². The van der Waals surface area contributed by atoms with Crippen LogP contribution < -0.4 is 0 Å². The maximum Gasteiger partial charge on any atom is 0.152 e. The maximum absolute atomic E-state index is 11.7. The zero-order valence-electron chi connectivity index (χ0n) is 21.7. The summed E-state index contributed by atoms with van der Waals surface area (Å²) >= 11 is 20.6. The SMILES string of the molecule is CC1(N(Cc2ccccc2)C(=S)[S-])CCS(=O)(=O)C1.CC1(N(Cc2ccccc2)C(=S)[S-])CCS(=O)(=O)C1.[Cu]. The number of thiocarbonyl (C=S) groups is 2. The van der Waals surface area contributed by atoms with Crippen molar-refractivity contribution < 1.29 is 33.9 Å². The number of hydrogen-bond acceptors (Lipinski definition) is 8. The smallest absolute Gasteiger partial charge is 0.152 e. The van der Waals surface area contributed by atoms with Gasteiger partial charge in [0, 0.05) is 30.2 Å². The van der Waals surface area contributed by atoms with E-state index in [0.29, 0.717) is 34.6 Å². The van der Waals surface area contributed by atoms with Gasteiger partial charge in [-0.05, 0) is 37.8 Å². The fourth-order valence-corrected chi connectivity index (χ4v) is 10.3. The monoisotopic (exact) mass is 691 g/mol. The third-order valence-electron chi connectivity index (χ3n) is 7.08. The van der Waals surface area contributed by atoms with Crippen molar-refractivity contribution in [3.05, 3.63) is 71.8 Å². The van der Waals surface area contributed by atoms with Crippen LogP contribution in [0.2, 0.25) is 0 Å². The molecular weight excluding hydrogens is 660 g/mol. The number of nitrogens with zero attached hydrogens (tertiary/aromatic N) is 2. The van der Waals surface area contributed by atoms with Gasteiger partial charge in [0.25, 0.3) is 0 Å². The standard InChI is InChI=1S/2C13H17NO2S3.Cu/c2*1-13(7-8-19(15,16)10-13)14(12(17)18)9-11-5-3-2-4-6-11;/h2*2-6H,7-10H2,1H3,(H,17,18);/p-2. The largest absolute Gasteiger partial charge is 0.411 e. The van der Waals surface area contributed by atoms with Gasteiger partial charge < -0.3 is 59.5 Å². The van der Waals surface area contributed by atoms with Crippen molar-refractivity contribution in [2.75, 3.05) is 23.0 Å². The van der Waals surface area contributed by atoms with Crippen LogP contribution in [0.3, 0.4) is 0 Å². The number of benzene rings is 2. The second kappa shape index (κ2) is 13.8. The Morgan fingerprint density at radius 2 is 1.03 bits per heavy atom. The summed E-state index contributed by atoms with van der Waals surface area (Å²) in [4.78, 5) is 3.75. The molecule has 2 aromatic rings.